The second kappa shape index (κ2) is 7.34. The Morgan fingerprint density at radius 2 is 2.00 bits per heavy atom. The minimum atomic E-state index is -0.848. The van der Waals surface area contributed by atoms with Gasteiger partial charge in [-0.25, -0.2) is 4.79 Å². The Morgan fingerprint density at radius 3 is 2.54 bits per heavy atom. The molecule has 0 aliphatic heterocycles. The van der Waals surface area contributed by atoms with Crippen LogP contribution in [0.15, 0.2) is 12.3 Å². The van der Waals surface area contributed by atoms with Gasteiger partial charge in [0.2, 0.25) is 0 Å². The Morgan fingerprint density at radius 1 is 1.31 bits per heavy atom. The molecule has 4 nitrogen and oxygen atoms in total. The predicted molar refractivity (Wildman–Crippen MR) is 47.0 cm³/mol. The van der Waals surface area contributed by atoms with Crippen molar-refractivity contribution in [2.45, 2.75) is 20.3 Å². The molecule has 0 spiro atoms. The van der Waals surface area contributed by atoms with Crippen LogP contribution in [0.25, 0.3) is 0 Å². The lowest BCUT2D eigenvalue weighted by Crippen LogP contribution is -2.14. The van der Waals surface area contributed by atoms with Gasteiger partial charge in [0.25, 0.3) is 5.78 Å². The van der Waals surface area contributed by atoms with Crippen molar-refractivity contribution in [3.8, 4) is 0 Å². The van der Waals surface area contributed by atoms with E-state index in [4.69, 9.17) is 4.74 Å². The Labute approximate surface area is 77.5 Å². The van der Waals surface area contributed by atoms with Gasteiger partial charge in [-0.3, -0.25) is 4.79 Å². The Bertz CT molecular complexity index is 196. The van der Waals surface area contributed by atoms with Crippen LogP contribution in [0.3, 0.4) is 0 Å². The Balaban J connectivity index is 3.72. The predicted octanol–water partition coefficient (Wildman–Crippen LogP) is 1.06. The normalized spacial score (nSPS) is 10.0. The first-order valence-electron chi connectivity index (χ1n) is 4.21. The van der Waals surface area contributed by atoms with Crippen molar-refractivity contribution in [3.63, 3.8) is 0 Å². The molecule has 0 rings (SSSR count). The van der Waals surface area contributed by atoms with E-state index < -0.39 is 11.8 Å². The first-order chi connectivity index (χ1) is 6.22. The Hall–Kier alpha value is -1.32. The molecule has 0 aliphatic rings. The number of hydrogen-bond donors (Lipinski definition) is 0. The molecule has 0 amide bonds. The monoisotopic (exact) mass is 186 g/mol. The van der Waals surface area contributed by atoms with Crippen LogP contribution >= 0.6 is 0 Å². The lowest BCUT2D eigenvalue weighted by Gasteiger charge is -1.96. The highest BCUT2D eigenvalue weighted by Gasteiger charge is 2.09. The molecule has 0 aliphatic carbocycles. The zero-order chi connectivity index (χ0) is 10.1. The van der Waals surface area contributed by atoms with Gasteiger partial charge >= 0.3 is 5.97 Å². The van der Waals surface area contributed by atoms with Gasteiger partial charge in [-0.1, -0.05) is 6.92 Å². The van der Waals surface area contributed by atoms with Gasteiger partial charge in [-0.05, 0) is 13.3 Å². The van der Waals surface area contributed by atoms with Gasteiger partial charge in [-0.2, -0.15) is 0 Å². The lowest BCUT2D eigenvalue weighted by atomic mass is 10.4. The number of carbonyl (C=O) groups is 2. The van der Waals surface area contributed by atoms with Crippen molar-refractivity contribution in [2.24, 2.45) is 0 Å². The van der Waals surface area contributed by atoms with Gasteiger partial charge in [0.05, 0.1) is 19.5 Å². The quantitative estimate of drug-likeness (QED) is 0.204. The van der Waals surface area contributed by atoms with Crippen LogP contribution in [-0.4, -0.2) is 25.0 Å². The van der Waals surface area contributed by atoms with Crippen LogP contribution in [-0.2, 0) is 19.1 Å². The minimum absolute atomic E-state index is 0.203. The van der Waals surface area contributed by atoms with E-state index in [1.807, 2.05) is 6.92 Å². The SMILES string of the molecule is CCCOC=CC(=O)C(=O)OCC. The van der Waals surface area contributed by atoms with Crippen LogP contribution < -0.4 is 0 Å². The van der Waals surface area contributed by atoms with E-state index in [1.54, 1.807) is 6.92 Å². The third-order valence-corrected chi connectivity index (χ3v) is 1.11. The molecule has 0 N–H and O–H groups in total. The molecule has 0 heterocycles. The smallest absolute Gasteiger partial charge is 0.379 e. The first-order valence-corrected chi connectivity index (χ1v) is 4.21. The maximum absolute atomic E-state index is 10.9. The topological polar surface area (TPSA) is 52.6 Å². The van der Waals surface area contributed by atoms with E-state index in [0.29, 0.717) is 6.61 Å². The molecule has 0 saturated carbocycles. The van der Waals surface area contributed by atoms with E-state index in [2.05, 4.69) is 4.74 Å². The van der Waals surface area contributed by atoms with Gasteiger partial charge < -0.3 is 9.47 Å². The van der Waals surface area contributed by atoms with Crippen molar-refractivity contribution >= 4 is 11.8 Å². The summed E-state index contributed by atoms with van der Waals surface area (Å²) in [6.45, 7) is 4.32. The van der Waals surface area contributed by atoms with E-state index in [1.165, 1.54) is 6.26 Å². The maximum Gasteiger partial charge on any atom is 0.379 e. The van der Waals surface area contributed by atoms with E-state index >= 15 is 0 Å². The lowest BCUT2D eigenvalue weighted by molar-refractivity contribution is -0.151. The van der Waals surface area contributed by atoms with Crippen LogP contribution in [0.4, 0.5) is 0 Å². The molecule has 0 aromatic heterocycles. The maximum atomic E-state index is 10.9. The van der Waals surface area contributed by atoms with Crippen LogP contribution in [0, 0.1) is 0 Å². The molecule has 13 heavy (non-hydrogen) atoms. The molecule has 0 atom stereocenters. The number of hydrogen-bond acceptors (Lipinski definition) is 4. The number of carbonyl (C=O) groups excluding carboxylic acids is 2. The molecule has 0 radical (unpaired) electrons. The van der Waals surface area contributed by atoms with E-state index in [-0.39, 0.29) is 6.61 Å². The zero-order valence-electron chi connectivity index (χ0n) is 7.91. The van der Waals surface area contributed by atoms with Crippen molar-refractivity contribution in [1.29, 1.82) is 0 Å². The van der Waals surface area contributed by atoms with Gasteiger partial charge in [0.1, 0.15) is 0 Å². The van der Waals surface area contributed by atoms with Gasteiger partial charge in [0, 0.05) is 6.08 Å². The van der Waals surface area contributed by atoms with Crippen molar-refractivity contribution in [3.05, 3.63) is 12.3 Å². The van der Waals surface area contributed by atoms with Crippen molar-refractivity contribution < 1.29 is 19.1 Å². The molecule has 4 heteroatoms. The summed E-state index contributed by atoms with van der Waals surface area (Å²) in [7, 11) is 0. The fourth-order valence-electron chi connectivity index (χ4n) is 0.566. The van der Waals surface area contributed by atoms with Crippen LogP contribution in [0.2, 0.25) is 0 Å². The molecule has 0 aromatic rings. The van der Waals surface area contributed by atoms with E-state index in [0.717, 1.165) is 12.5 Å². The van der Waals surface area contributed by atoms with Crippen LogP contribution in [0.5, 0.6) is 0 Å². The molecule has 74 valence electrons. The van der Waals surface area contributed by atoms with E-state index in [9.17, 15) is 9.59 Å². The number of ketones is 1. The summed E-state index contributed by atoms with van der Waals surface area (Å²) in [5.74, 6) is -1.54. The summed E-state index contributed by atoms with van der Waals surface area (Å²) < 4.78 is 9.34. The summed E-state index contributed by atoms with van der Waals surface area (Å²) in [6.07, 6.45) is 3.13. The van der Waals surface area contributed by atoms with Gasteiger partial charge in [-0.15, -0.1) is 0 Å². The average molecular weight is 186 g/mol. The zero-order valence-corrected chi connectivity index (χ0v) is 7.91. The summed E-state index contributed by atoms with van der Waals surface area (Å²) in [6, 6.07) is 0. The summed E-state index contributed by atoms with van der Waals surface area (Å²) in [5, 5.41) is 0. The molecule has 0 bridgehead atoms. The number of ether oxygens (including phenoxy) is 2. The molecular weight excluding hydrogens is 172 g/mol. The first kappa shape index (κ1) is 11.7. The third-order valence-electron chi connectivity index (χ3n) is 1.11. The number of rotatable bonds is 6. The summed E-state index contributed by atoms with van der Waals surface area (Å²) in [5.41, 5.74) is 0. The average Bonchev–Trinajstić information content (AvgIpc) is 2.12. The highest BCUT2D eigenvalue weighted by molar-refractivity contribution is 6.38. The fraction of sp³-hybridized carbons (Fsp3) is 0.556. The Kier molecular flexibility index (Phi) is 6.59. The molecule has 0 fully saturated rings. The second-order valence-electron chi connectivity index (χ2n) is 2.26. The molecule has 0 unspecified atom stereocenters. The standard InChI is InChI=1S/C9H14O4/c1-3-6-12-7-5-8(10)9(11)13-4-2/h5,7H,3-4,6H2,1-2H3. The second-order valence-corrected chi connectivity index (χ2v) is 2.26. The highest BCUT2D eigenvalue weighted by atomic mass is 16.5. The highest BCUT2D eigenvalue weighted by Crippen LogP contribution is 1.86. The summed E-state index contributed by atoms with van der Waals surface area (Å²) in [4.78, 5) is 21.6. The third kappa shape index (κ3) is 5.90. The molecule has 0 aromatic carbocycles. The van der Waals surface area contributed by atoms with Crippen LogP contribution in [0.1, 0.15) is 20.3 Å². The number of esters is 1. The molecular formula is C9H14O4. The van der Waals surface area contributed by atoms with Crippen molar-refractivity contribution in [2.75, 3.05) is 13.2 Å². The van der Waals surface area contributed by atoms with Gasteiger partial charge in [0.15, 0.2) is 0 Å². The largest absolute Gasteiger partial charge is 0.501 e. The summed E-state index contributed by atoms with van der Waals surface area (Å²) >= 11 is 0. The fourth-order valence-corrected chi connectivity index (χ4v) is 0.566. The van der Waals surface area contributed by atoms with Crippen molar-refractivity contribution in [1.82, 2.24) is 0 Å². The molecule has 0 saturated heterocycles. The minimum Gasteiger partial charge on any atom is -0.501 e.